The van der Waals surface area contributed by atoms with Gasteiger partial charge in [0.15, 0.2) is 0 Å². The van der Waals surface area contributed by atoms with Gasteiger partial charge in [0, 0.05) is 0 Å². The number of benzene rings is 1. The van der Waals surface area contributed by atoms with Crippen molar-refractivity contribution < 1.29 is 29.6 Å². The molecule has 0 saturated carbocycles. The van der Waals surface area contributed by atoms with Crippen molar-refractivity contribution in [3.05, 3.63) is 34.9 Å². The lowest BCUT2D eigenvalue weighted by Gasteiger charge is -2.17. The molecule has 0 aromatic heterocycles. The lowest BCUT2D eigenvalue weighted by Crippen LogP contribution is -2.23. The molecule has 1 heterocycles. The number of ether oxygens (including phenoxy) is 1. The van der Waals surface area contributed by atoms with Crippen molar-refractivity contribution in [3.8, 4) is 0 Å². The molecular weight excluding hydrogens is 228 g/mol. The molecule has 3 N–H and O–H groups in total. The minimum Gasteiger partial charge on any atom is -0.394 e. The minimum atomic E-state index is -1.45. The molecule has 1 aromatic rings. The Balaban J connectivity index is 2.50. The molecule has 0 spiro atoms. The fourth-order valence-corrected chi connectivity index (χ4v) is 1.71. The van der Waals surface area contributed by atoms with Crippen molar-refractivity contribution in [2.45, 2.75) is 12.2 Å². The molecule has 1 aliphatic rings. The Morgan fingerprint density at radius 3 is 2.53 bits per heavy atom. The van der Waals surface area contributed by atoms with Gasteiger partial charge >= 0.3 is 11.9 Å². The number of hydrogen-bond donors (Lipinski definition) is 3. The number of carbonyl (C=O) groups is 2. The van der Waals surface area contributed by atoms with Crippen LogP contribution in [0, 0.1) is 0 Å². The highest BCUT2D eigenvalue weighted by Gasteiger charge is 2.35. The Morgan fingerprint density at radius 1 is 1.18 bits per heavy atom. The summed E-state index contributed by atoms with van der Waals surface area (Å²) in [4.78, 5) is 22.7. The summed E-state index contributed by atoms with van der Waals surface area (Å²) in [6.45, 7) is -0.659. The van der Waals surface area contributed by atoms with Gasteiger partial charge in [0.2, 0.25) is 0 Å². The quantitative estimate of drug-likeness (QED) is 0.479. The summed E-state index contributed by atoms with van der Waals surface area (Å²) in [6, 6.07) is 4.24. The van der Waals surface area contributed by atoms with Crippen LogP contribution in [0.2, 0.25) is 0 Å². The van der Waals surface area contributed by atoms with Crippen molar-refractivity contribution in [2.24, 2.45) is 0 Å². The van der Waals surface area contributed by atoms with Gasteiger partial charge in [-0.25, -0.2) is 9.59 Å². The van der Waals surface area contributed by atoms with E-state index in [2.05, 4.69) is 4.74 Å². The van der Waals surface area contributed by atoms with Crippen LogP contribution < -0.4 is 0 Å². The maximum atomic E-state index is 11.4. The Labute approximate surface area is 96.1 Å². The molecule has 6 nitrogen and oxygen atoms in total. The van der Waals surface area contributed by atoms with Crippen LogP contribution in [0.5, 0.6) is 0 Å². The van der Waals surface area contributed by atoms with E-state index >= 15 is 0 Å². The van der Waals surface area contributed by atoms with Gasteiger partial charge in [-0.2, -0.15) is 0 Å². The standard InChI is InChI=1S/C11H10O6/c12-4-7(13)9(14)5-2-1-3-6-8(5)11(16)17-10(6)15/h1-3,7,9,12-14H,4H2. The maximum absolute atomic E-state index is 11.4. The van der Waals surface area contributed by atoms with Gasteiger partial charge in [0.1, 0.15) is 12.2 Å². The van der Waals surface area contributed by atoms with Gasteiger partial charge in [-0.1, -0.05) is 12.1 Å². The van der Waals surface area contributed by atoms with E-state index in [1.54, 1.807) is 0 Å². The molecule has 6 heteroatoms. The van der Waals surface area contributed by atoms with Crippen LogP contribution in [0.25, 0.3) is 0 Å². The van der Waals surface area contributed by atoms with E-state index in [1.807, 2.05) is 0 Å². The van der Waals surface area contributed by atoms with Gasteiger partial charge in [0.05, 0.1) is 17.7 Å². The molecular formula is C11H10O6. The number of rotatable bonds is 3. The summed E-state index contributed by atoms with van der Waals surface area (Å²) in [7, 11) is 0. The molecule has 0 bridgehead atoms. The van der Waals surface area contributed by atoms with E-state index < -0.39 is 30.8 Å². The van der Waals surface area contributed by atoms with Crippen molar-refractivity contribution in [3.63, 3.8) is 0 Å². The number of aliphatic hydroxyl groups is 3. The highest BCUT2D eigenvalue weighted by atomic mass is 16.6. The first-order valence-electron chi connectivity index (χ1n) is 4.92. The summed E-state index contributed by atoms with van der Waals surface area (Å²) >= 11 is 0. The van der Waals surface area contributed by atoms with Crippen molar-refractivity contribution in [1.29, 1.82) is 0 Å². The summed E-state index contributed by atoms with van der Waals surface area (Å²) in [5.74, 6) is -1.64. The summed E-state index contributed by atoms with van der Waals surface area (Å²) in [5.41, 5.74) is 0.0640. The largest absolute Gasteiger partial charge is 0.394 e. The number of esters is 2. The number of cyclic esters (lactones) is 2. The van der Waals surface area contributed by atoms with Crippen LogP contribution >= 0.6 is 0 Å². The van der Waals surface area contributed by atoms with Gasteiger partial charge < -0.3 is 20.1 Å². The number of hydrogen-bond acceptors (Lipinski definition) is 6. The fourth-order valence-electron chi connectivity index (χ4n) is 1.71. The lowest BCUT2D eigenvalue weighted by molar-refractivity contribution is -0.0157. The fraction of sp³-hybridized carbons (Fsp3) is 0.273. The van der Waals surface area contributed by atoms with E-state index in [1.165, 1.54) is 18.2 Å². The first-order chi connectivity index (χ1) is 8.06. The van der Waals surface area contributed by atoms with Gasteiger partial charge in [-0.3, -0.25) is 0 Å². The highest BCUT2D eigenvalue weighted by Crippen LogP contribution is 2.29. The van der Waals surface area contributed by atoms with E-state index in [4.69, 9.17) is 5.11 Å². The Kier molecular flexibility index (Phi) is 2.93. The van der Waals surface area contributed by atoms with Crippen LogP contribution in [-0.4, -0.2) is 40.0 Å². The lowest BCUT2D eigenvalue weighted by atomic mass is 9.96. The van der Waals surface area contributed by atoms with Crippen LogP contribution in [0.1, 0.15) is 32.4 Å². The normalized spacial score (nSPS) is 17.6. The molecule has 1 aliphatic heterocycles. The van der Waals surface area contributed by atoms with Gasteiger partial charge in [0.25, 0.3) is 0 Å². The second-order valence-electron chi connectivity index (χ2n) is 3.64. The maximum Gasteiger partial charge on any atom is 0.347 e. The average Bonchev–Trinajstić information content (AvgIpc) is 2.63. The van der Waals surface area contributed by atoms with E-state index in [0.717, 1.165) is 0 Å². The van der Waals surface area contributed by atoms with Crippen LogP contribution in [0.15, 0.2) is 18.2 Å². The monoisotopic (exact) mass is 238 g/mol. The predicted octanol–water partition coefficient (Wildman–Crippen LogP) is -0.616. The number of carbonyl (C=O) groups excluding carboxylic acids is 2. The third kappa shape index (κ3) is 1.82. The predicted molar refractivity (Wildman–Crippen MR) is 54.2 cm³/mol. The molecule has 1 aromatic carbocycles. The van der Waals surface area contributed by atoms with Crippen molar-refractivity contribution >= 4 is 11.9 Å². The van der Waals surface area contributed by atoms with E-state index in [-0.39, 0.29) is 16.7 Å². The Morgan fingerprint density at radius 2 is 1.88 bits per heavy atom. The average molecular weight is 238 g/mol. The molecule has 0 amide bonds. The summed E-state index contributed by atoms with van der Waals surface area (Å²) in [5, 5.41) is 27.8. The molecule has 90 valence electrons. The third-order valence-corrected chi connectivity index (χ3v) is 2.58. The smallest absolute Gasteiger partial charge is 0.347 e. The molecule has 0 radical (unpaired) electrons. The molecule has 2 unspecified atom stereocenters. The number of fused-ring (bicyclic) bond motifs is 1. The van der Waals surface area contributed by atoms with Crippen molar-refractivity contribution in [1.82, 2.24) is 0 Å². The van der Waals surface area contributed by atoms with Crippen LogP contribution in [-0.2, 0) is 4.74 Å². The van der Waals surface area contributed by atoms with Crippen LogP contribution in [0.4, 0.5) is 0 Å². The third-order valence-electron chi connectivity index (χ3n) is 2.58. The summed E-state index contributed by atoms with van der Waals surface area (Å²) < 4.78 is 4.40. The van der Waals surface area contributed by atoms with Gasteiger partial charge in [-0.05, 0) is 11.6 Å². The molecule has 0 fully saturated rings. The zero-order valence-corrected chi connectivity index (χ0v) is 8.66. The van der Waals surface area contributed by atoms with Crippen LogP contribution in [0.3, 0.4) is 0 Å². The highest BCUT2D eigenvalue weighted by molar-refractivity contribution is 6.15. The topological polar surface area (TPSA) is 104 Å². The second kappa shape index (κ2) is 4.25. The zero-order valence-electron chi connectivity index (χ0n) is 8.66. The van der Waals surface area contributed by atoms with Gasteiger partial charge in [-0.15, -0.1) is 0 Å². The molecule has 17 heavy (non-hydrogen) atoms. The first kappa shape index (κ1) is 11.7. The van der Waals surface area contributed by atoms with Crippen molar-refractivity contribution in [2.75, 3.05) is 6.61 Å². The SMILES string of the molecule is O=C1OC(=O)c2c1cccc2C(O)C(O)CO. The second-order valence-corrected chi connectivity index (χ2v) is 3.64. The number of aliphatic hydroxyl groups excluding tert-OH is 3. The Bertz CT molecular complexity index is 481. The molecule has 0 saturated heterocycles. The Hall–Kier alpha value is -1.76. The minimum absolute atomic E-state index is 0.0525. The molecule has 0 aliphatic carbocycles. The summed E-state index contributed by atoms with van der Waals surface area (Å²) in [6.07, 6.45) is -2.88. The van der Waals surface area contributed by atoms with E-state index in [9.17, 15) is 19.8 Å². The molecule has 2 rings (SSSR count). The zero-order chi connectivity index (χ0) is 12.6. The van der Waals surface area contributed by atoms with E-state index in [0.29, 0.717) is 0 Å². The molecule has 2 atom stereocenters. The first-order valence-corrected chi connectivity index (χ1v) is 4.92.